The molecule has 2 heterocycles. The molecule has 1 unspecified atom stereocenters. The molecule has 0 amide bonds. The van der Waals surface area contributed by atoms with E-state index in [0.29, 0.717) is 6.04 Å². The molecule has 0 spiro atoms. The highest BCUT2D eigenvalue weighted by atomic mass is 32.1. The summed E-state index contributed by atoms with van der Waals surface area (Å²) in [5.74, 6) is 0. The third kappa shape index (κ3) is 1.05. The van der Waals surface area contributed by atoms with Crippen LogP contribution in [0.3, 0.4) is 0 Å². The fourth-order valence-electron chi connectivity index (χ4n) is 2.40. The lowest BCUT2D eigenvalue weighted by Crippen LogP contribution is -2.35. The molecule has 2 nitrogen and oxygen atoms in total. The normalized spacial score (nSPS) is 24.1. The number of fused-ring (bicyclic) bond motifs is 3. The van der Waals surface area contributed by atoms with Crippen LogP contribution < -0.4 is 5.32 Å². The van der Waals surface area contributed by atoms with Gasteiger partial charge in [0, 0.05) is 13.1 Å². The summed E-state index contributed by atoms with van der Waals surface area (Å²) >= 11 is 5.26. The Morgan fingerprint density at radius 2 is 2.21 bits per heavy atom. The molecule has 2 aliphatic heterocycles. The Kier molecular flexibility index (Phi) is 1.74. The van der Waals surface area contributed by atoms with Crippen LogP contribution in [0.1, 0.15) is 17.2 Å². The minimum atomic E-state index is 0.479. The summed E-state index contributed by atoms with van der Waals surface area (Å²) in [6.45, 7) is 2.03. The molecule has 0 aromatic heterocycles. The van der Waals surface area contributed by atoms with E-state index < -0.39 is 0 Å². The molecule has 1 aromatic carbocycles. The molecule has 72 valence electrons. The van der Waals surface area contributed by atoms with E-state index in [9.17, 15) is 0 Å². The van der Waals surface area contributed by atoms with E-state index in [0.717, 1.165) is 24.6 Å². The average molecular weight is 204 g/mol. The van der Waals surface area contributed by atoms with Crippen molar-refractivity contribution in [2.75, 3.05) is 13.1 Å². The van der Waals surface area contributed by atoms with Gasteiger partial charge in [-0.25, -0.2) is 0 Å². The van der Waals surface area contributed by atoms with Gasteiger partial charge in [0.05, 0.1) is 6.04 Å². The van der Waals surface area contributed by atoms with Crippen LogP contribution in [0.25, 0.3) is 0 Å². The molecule has 14 heavy (non-hydrogen) atoms. The lowest BCUT2D eigenvalue weighted by atomic mass is 9.94. The smallest absolute Gasteiger partial charge is 0.169 e. The zero-order valence-corrected chi connectivity index (χ0v) is 8.68. The molecule has 1 saturated heterocycles. The Morgan fingerprint density at radius 3 is 3.14 bits per heavy atom. The van der Waals surface area contributed by atoms with Crippen molar-refractivity contribution in [1.29, 1.82) is 0 Å². The van der Waals surface area contributed by atoms with Gasteiger partial charge in [0.2, 0.25) is 0 Å². The largest absolute Gasteiger partial charge is 0.360 e. The Balaban J connectivity index is 2.07. The molecule has 3 rings (SSSR count). The van der Waals surface area contributed by atoms with Crippen molar-refractivity contribution >= 4 is 17.3 Å². The maximum atomic E-state index is 5.26. The van der Waals surface area contributed by atoms with Crippen LogP contribution in [0.15, 0.2) is 24.3 Å². The van der Waals surface area contributed by atoms with Crippen molar-refractivity contribution in [2.24, 2.45) is 0 Å². The molecule has 0 bridgehead atoms. The quantitative estimate of drug-likeness (QED) is 0.644. The van der Waals surface area contributed by atoms with Crippen molar-refractivity contribution in [3.63, 3.8) is 0 Å². The van der Waals surface area contributed by atoms with E-state index in [1.807, 2.05) is 0 Å². The van der Waals surface area contributed by atoms with Gasteiger partial charge in [-0.15, -0.1) is 0 Å². The summed E-state index contributed by atoms with van der Waals surface area (Å²) < 4.78 is 0. The Labute approximate surface area is 88.9 Å². The summed E-state index contributed by atoms with van der Waals surface area (Å²) in [6.07, 6.45) is 1.12. The van der Waals surface area contributed by atoms with Crippen molar-refractivity contribution < 1.29 is 0 Å². The van der Waals surface area contributed by atoms with Crippen LogP contribution in [0.4, 0.5) is 0 Å². The van der Waals surface area contributed by atoms with Crippen LogP contribution in [-0.4, -0.2) is 23.1 Å². The molecule has 1 fully saturated rings. The summed E-state index contributed by atoms with van der Waals surface area (Å²) in [5.41, 5.74) is 2.94. The van der Waals surface area contributed by atoms with Crippen LogP contribution in [-0.2, 0) is 6.42 Å². The average Bonchev–Trinajstić information content (AvgIpc) is 2.61. The van der Waals surface area contributed by atoms with Gasteiger partial charge in [0.15, 0.2) is 5.11 Å². The van der Waals surface area contributed by atoms with E-state index in [4.69, 9.17) is 12.2 Å². The molecule has 3 heteroatoms. The van der Waals surface area contributed by atoms with E-state index in [1.54, 1.807) is 0 Å². The van der Waals surface area contributed by atoms with E-state index in [1.165, 1.54) is 11.1 Å². The summed E-state index contributed by atoms with van der Waals surface area (Å²) in [5, 5.41) is 4.18. The minimum Gasteiger partial charge on any atom is -0.360 e. The van der Waals surface area contributed by atoms with Crippen LogP contribution >= 0.6 is 12.2 Å². The highest BCUT2D eigenvalue weighted by Crippen LogP contribution is 2.31. The SMILES string of the molecule is S=C1NCC2c3ccccc3CCN12. The monoisotopic (exact) mass is 204 g/mol. The Bertz CT molecular complexity index is 389. The summed E-state index contributed by atoms with van der Waals surface area (Å²) in [6, 6.07) is 9.17. The predicted octanol–water partition coefficient (Wildman–Crippen LogP) is 1.47. The predicted molar refractivity (Wildman–Crippen MR) is 60.2 cm³/mol. The second-order valence-electron chi connectivity index (χ2n) is 3.84. The second kappa shape index (κ2) is 2.95. The molecule has 0 aliphatic carbocycles. The van der Waals surface area contributed by atoms with Crippen LogP contribution in [0.5, 0.6) is 0 Å². The third-order valence-corrected chi connectivity index (χ3v) is 3.50. The van der Waals surface area contributed by atoms with Crippen molar-refractivity contribution in [3.05, 3.63) is 35.4 Å². The highest BCUT2D eigenvalue weighted by molar-refractivity contribution is 7.80. The summed E-state index contributed by atoms with van der Waals surface area (Å²) in [4.78, 5) is 2.30. The van der Waals surface area contributed by atoms with E-state index in [2.05, 4.69) is 34.5 Å². The second-order valence-corrected chi connectivity index (χ2v) is 4.23. The molecule has 1 atom stereocenters. The van der Waals surface area contributed by atoms with Gasteiger partial charge < -0.3 is 10.2 Å². The molecule has 0 radical (unpaired) electrons. The lowest BCUT2D eigenvalue weighted by Gasteiger charge is -2.31. The van der Waals surface area contributed by atoms with Crippen LogP contribution in [0.2, 0.25) is 0 Å². The van der Waals surface area contributed by atoms with Gasteiger partial charge in [0.25, 0.3) is 0 Å². The molecular weight excluding hydrogens is 192 g/mol. The van der Waals surface area contributed by atoms with Gasteiger partial charge in [-0.2, -0.15) is 0 Å². The molecule has 0 saturated carbocycles. The zero-order valence-electron chi connectivity index (χ0n) is 7.86. The number of benzene rings is 1. The van der Waals surface area contributed by atoms with E-state index >= 15 is 0 Å². The first-order chi connectivity index (χ1) is 6.86. The maximum Gasteiger partial charge on any atom is 0.169 e. The number of nitrogens with one attached hydrogen (secondary N) is 1. The molecule has 2 aliphatic rings. The maximum absolute atomic E-state index is 5.26. The zero-order chi connectivity index (χ0) is 9.54. The van der Waals surface area contributed by atoms with Crippen molar-refractivity contribution in [3.8, 4) is 0 Å². The molecular formula is C11H12N2S. The standard InChI is InChI=1S/C11H12N2S/c14-11-12-7-10-9-4-2-1-3-8(9)5-6-13(10)11/h1-4,10H,5-7H2,(H,12,14). The number of hydrogen-bond donors (Lipinski definition) is 1. The number of nitrogens with zero attached hydrogens (tertiary/aromatic N) is 1. The third-order valence-electron chi connectivity index (χ3n) is 3.12. The fourth-order valence-corrected chi connectivity index (χ4v) is 2.70. The van der Waals surface area contributed by atoms with Crippen LogP contribution in [0, 0.1) is 0 Å². The van der Waals surface area contributed by atoms with Gasteiger partial charge in [-0.1, -0.05) is 24.3 Å². The van der Waals surface area contributed by atoms with Gasteiger partial charge in [-0.3, -0.25) is 0 Å². The molecule has 1 aromatic rings. The number of thiocarbonyl (C=S) groups is 1. The first-order valence-electron chi connectivity index (χ1n) is 4.98. The minimum absolute atomic E-state index is 0.479. The topological polar surface area (TPSA) is 15.3 Å². The Morgan fingerprint density at radius 1 is 1.36 bits per heavy atom. The van der Waals surface area contributed by atoms with Gasteiger partial charge in [0.1, 0.15) is 0 Å². The van der Waals surface area contributed by atoms with Gasteiger partial charge in [-0.05, 0) is 29.8 Å². The number of hydrogen-bond acceptors (Lipinski definition) is 1. The first-order valence-corrected chi connectivity index (χ1v) is 5.39. The van der Waals surface area contributed by atoms with Crippen molar-refractivity contribution in [1.82, 2.24) is 10.2 Å². The summed E-state index contributed by atoms with van der Waals surface area (Å²) in [7, 11) is 0. The highest BCUT2D eigenvalue weighted by Gasteiger charge is 2.33. The fraction of sp³-hybridized carbons (Fsp3) is 0.364. The van der Waals surface area contributed by atoms with Crippen molar-refractivity contribution in [2.45, 2.75) is 12.5 Å². The van der Waals surface area contributed by atoms with Gasteiger partial charge >= 0.3 is 0 Å². The van der Waals surface area contributed by atoms with E-state index in [-0.39, 0.29) is 0 Å². The molecule has 1 N–H and O–H groups in total. The first kappa shape index (κ1) is 8.24. The lowest BCUT2D eigenvalue weighted by molar-refractivity contribution is 0.342. The number of rotatable bonds is 0. The Hall–Kier alpha value is -1.09.